The molecule has 1 aromatic heterocycles. The normalized spacial score (nSPS) is 14.6. The van der Waals surface area contributed by atoms with E-state index in [1.807, 2.05) is 11.3 Å². The van der Waals surface area contributed by atoms with Crippen molar-refractivity contribution >= 4 is 37.4 Å². The summed E-state index contributed by atoms with van der Waals surface area (Å²) in [4.78, 5) is 0. The van der Waals surface area contributed by atoms with Crippen LogP contribution in [0.25, 0.3) is 10.1 Å². The lowest BCUT2D eigenvalue weighted by molar-refractivity contribution is 0.341. The summed E-state index contributed by atoms with van der Waals surface area (Å²) in [6.45, 7) is 4.59. The zero-order valence-electron chi connectivity index (χ0n) is 12.6. The van der Waals surface area contributed by atoms with Gasteiger partial charge in [-0.05, 0) is 57.7 Å². The van der Waals surface area contributed by atoms with Crippen LogP contribution < -0.4 is 5.32 Å². The number of halogens is 1. The van der Waals surface area contributed by atoms with Crippen LogP contribution in [-0.2, 0) is 0 Å². The van der Waals surface area contributed by atoms with Crippen LogP contribution in [0.15, 0.2) is 28.1 Å². The third-order valence-electron chi connectivity index (χ3n) is 4.15. The Bertz CT molecular complexity index is 549. The molecule has 2 aromatic rings. The molecule has 0 saturated heterocycles. The van der Waals surface area contributed by atoms with Gasteiger partial charge in [-0.2, -0.15) is 0 Å². The lowest BCUT2D eigenvalue weighted by Gasteiger charge is -2.26. The molecule has 1 N–H and O–H groups in total. The van der Waals surface area contributed by atoms with E-state index in [1.54, 1.807) is 0 Å². The first kappa shape index (κ1) is 16.0. The van der Waals surface area contributed by atoms with Crippen LogP contribution in [-0.4, -0.2) is 7.05 Å². The first-order valence-electron chi connectivity index (χ1n) is 7.55. The highest BCUT2D eigenvalue weighted by Crippen LogP contribution is 2.39. The van der Waals surface area contributed by atoms with Crippen molar-refractivity contribution in [2.24, 2.45) is 5.92 Å². The first-order chi connectivity index (χ1) is 9.72. The van der Waals surface area contributed by atoms with Crippen LogP contribution in [0.5, 0.6) is 0 Å². The monoisotopic (exact) mass is 353 g/mol. The summed E-state index contributed by atoms with van der Waals surface area (Å²) in [6, 6.07) is 6.99. The highest BCUT2D eigenvalue weighted by molar-refractivity contribution is 9.10. The zero-order valence-corrected chi connectivity index (χ0v) is 15.0. The van der Waals surface area contributed by atoms with Gasteiger partial charge in [0.1, 0.15) is 0 Å². The molecule has 0 aliphatic carbocycles. The van der Waals surface area contributed by atoms with E-state index in [2.05, 4.69) is 65.7 Å². The van der Waals surface area contributed by atoms with Gasteiger partial charge in [0.25, 0.3) is 0 Å². The number of benzene rings is 1. The third-order valence-corrected chi connectivity index (χ3v) is 6.12. The lowest BCUT2D eigenvalue weighted by Crippen LogP contribution is -2.24. The molecule has 1 heterocycles. The van der Waals surface area contributed by atoms with E-state index < -0.39 is 0 Å². The van der Waals surface area contributed by atoms with Crippen molar-refractivity contribution in [3.63, 3.8) is 0 Å². The van der Waals surface area contributed by atoms with Gasteiger partial charge >= 0.3 is 0 Å². The van der Waals surface area contributed by atoms with Crippen molar-refractivity contribution in [3.05, 3.63) is 33.6 Å². The average Bonchev–Trinajstić information content (AvgIpc) is 2.89. The van der Waals surface area contributed by atoms with E-state index in [0.29, 0.717) is 6.04 Å². The molecule has 0 aliphatic heterocycles. The predicted molar refractivity (Wildman–Crippen MR) is 94.6 cm³/mol. The van der Waals surface area contributed by atoms with Gasteiger partial charge in [-0.1, -0.05) is 45.2 Å². The Morgan fingerprint density at radius 1 is 1.30 bits per heavy atom. The number of unbranched alkanes of at least 4 members (excludes halogenated alkanes) is 1. The van der Waals surface area contributed by atoms with E-state index >= 15 is 0 Å². The SMILES string of the molecule is CCCCC(CC)C(NC)c1csc2c(Br)cccc12. The molecule has 110 valence electrons. The summed E-state index contributed by atoms with van der Waals surface area (Å²) in [5.41, 5.74) is 1.47. The van der Waals surface area contributed by atoms with Crippen LogP contribution in [0, 0.1) is 5.92 Å². The van der Waals surface area contributed by atoms with E-state index in [9.17, 15) is 0 Å². The molecule has 20 heavy (non-hydrogen) atoms. The summed E-state index contributed by atoms with van der Waals surface area (Å²) >= 11 is 5.52. The quantitative estimate of drug-likeness (QED) is 0.630. The largest absolute Gasteiger partial charge is 0.313 e. The van der Waals surface area contributed by atoms with Crippen LogP contribution in [0.1, 0.15) is 51.1 Å². The van der Waals surface area contributed by atoms with Crippen molar-refractivity contribution in [1.82, 2.24) is 5.32 Å². The second-order valence-corrected chi connectivity index (χ2v) is 7.12. The first-order valence-corrected chi connectivity index (χ1v) is 9.23. The molecule has 2 rings (SSSR count). The van der Waals surface area contributed by atoms with Crippen LogP contribution in [0.3, 0.4) is 0 Å². The van der Waals surface area contributed by atoms with E-state index in [-0.39, 0.29) is 0 Å². The molecule has 1 nitrogen and oxygen atoms in total. The molecule has 0 fully saturated rings. The minimum atomic E-state index is 0.467. The third kappa shape index (κ3) is 3.26. The maximum absolute atomic E-state index is 3.67. The van der Waals surface area contributed by atoms with Crippen LogP contribution in [0.4, 0.5) is 0 Å². The number of hydrogen-bond donors (Lipinski definition) is 1. The number of fused-ring (bicyclic) bond motifs is 1. The number of hydrogen-bond acceptors (Lipinski definition) is 2. The standard InChI is InChI=1S/C17H24BrNS/c1-4-6-8-12(5-2)16(19-3)14-11-20-17-13(14)9-7-10-15(17)18/h7,9-12,16,19H,4-6,8H2,1-3H3. The van der Waals surface area contributed by atoms with Crippen molar-refractivity contribution in [1.29, 1.82) is 0 Å². The number of thiophene rings is 1. The molecule has 0 saturated carbocycles. The summed E-state index contributed by atoms with van der Waals surface area (Å²) in [7, 11) is 2.10. The van der Waals surface area contributed by atoms with Crippen molar-refractivity contribution in [3.8, 4) is 0 Å². The average molecular weight is 354 g/mol. The molecule has 3 heteroatoms. The van der Waals surface area contributed by atoms with Gasteiger partial charge in [0.05, 0.1) is 0 Å². The van der Waals surface area contributed by atoms with Crippen molar-refractivity contribution < 1.29 is 0 Å². The van der Waals surface area contributed by atoms with Gasteiger partial charge in [0.2, 0.25) is 0 Å². The van der Waals surface area contributed by atoms with Crippen LogP contribution in [0.2, 0.25) is 0 Å². The fourth-order valence-electron chi connectivity index (χ4n) is 3.00. The Balaban J connectivity index is 2.35. The predicted octanol–water partition coefficient (Wildman–Crippen LogP) is 6.14. The maximum Gasteiger partial charge on any atom is 0.0488 e. The number of nitrogens with one attached hydrogen (secondary N) is 1. The molecule has 0 spiro atoms. The Kier molecular flexibility index (Phi) is 6.06. The summed E-state index contributed by atoms with van der Waals surface area (Å²) in [6.07, 6.45) is 5.14. The van der Waals surface area contributed by atoms with Crippen molar-refractivity contribution in [2.75, 3.05) is 7.05 Å². The van der Waals surface area contributed by atoms with E-state index in [0.717, 1.165) is 5.92 Å². The Labute approximate surface area is 134 Å². The van der Waals surface area contributed by atoms with E-state index in [1.165, 1.54) is 45.8 Å². The van der Waals surface area contributed by atoms with E-state index in [4.69, 9.17) is 0 Å². The number of rotatable bonds is 7. The second kappa shape index (κ2) is 7.58. The topological polar surface area (TPSA) is 12.0 Å². The highest BCUT2D eigenvalue weighted by Gasteiger charge is 2.22. The fourth-order valence-corrected chi connectivity index (χ4v) is 4.66. The van der Waals surface area contributed by atoms with Gasteiger partial charge in [-0.3, -0.25) is 0 Å². The van der Waals surface area contributed by atoms with Gasteiger partial charge in [0.15, 0.2) is 0 Å². The minimum Gasteiger partial charge on any atom is -0.313 e. The van der Waals surface area contributed by atoms with Gasteiger partial charge in [-0.25, -0.2) is 0 Å². The zero-order chi connectivity index (χ0) is 14.5. The Hall–Kier alpha value is -0.380. The summed E-state index contributed by atoms with van der Waals surface area (Å²) in [5, 5.41) is 7.31. The van der Waals surface area contributed by atoms with Crippen LogP contribution >= 0.6 is 27.3 Å². The highest BCUT2D eigenvalue weighted by atomic mass is 79.9. The molecule has 1 aromatic carbocycles. The molecule has 2 unspecified atom stereocenters. The second-order valence-electron chi connectivity index (χ2n) is 5.38. The van der Waals surface area contributed by atoms with Gasteiger partial charge in [-0.15, -0.1) is 11.3 Å². The minimum absolute atomic E-state index is 0.467. The Morgan fingerprint density at radius 2 is 2.10 bits per heavy atom. The lowest BCUT2D eigenvalue weighted by atomic mass is 9.87. The molecule has 2 atom stereocenters. The van der Waals surface area contributed by atoms with Crippen molar-refractivity contribution in [2.45, 2.75) is 45.6 Å². The summed E-state index contributed by atoms with van der Waals surface area (Å²) in [5.74, 6) is 0.719. The molecule has 0 amide bonds. The molecule has 0 bridgehead atoms. The molecule has 0 aliphatic rings. The van der Waals surface area contributed by atoms with Gasteiger partial charge < -0.3 is 5.32 Å². The fraction of sp³-hybridized carbons (Fsp3) is 0.529. The molecular weight excluding hydrogens is 330 g/mol. The summed E-state index contributed by atoms with van der Waals surface area (Å²) < 4.78 is 2.58. The molecular formula is C17H24BrNS. The maximum atomic E-state index is 3.67. The smallest absolute Gasteiger partial charge is 0.0488 e. The molecule has 0 radical (unpaired) electrons. The van der Waals surface area contributed by atoms with Gasteiger partial charge in [0, 0.05) is 15.2 Å². The Morgan fingerprint density at radius 3 is 2.75 bits per heavy atom.